The van der Waals surface area contributed by atoms with Crippen molar-refractivity contribution in [1.82, 2.24) is 14.4 Å². The van der Waals surface area contributed by atoms with E-state index in [-0.39, 0.29) is 23.1 Å². The van der Waals surface area contributed by atoms with Crippen LogP contribution in [-0.4, -0.2) is 14.4 Å². The van der Waals surface area contributed by atoms with Crippen molar-refractivity contribution in [3.05, 3.63) is 81.8 Å². The van der Waals surface area contributed by atoms with Gasteiger partial charge in [-0.05, 0) is 42.3 Å². The molecule has 0 bridgehead atoms. The van der Waals surface area contributed by atoms with E-state index in [1.165, 1.54) is 34.7 Å². The molecule has 8 nitrogen and oxygen atoms in total. The van der Waals surface area contributed by atoms with Crippen LogP contribution in [0.3, 0.4) is 0 Å². The van der Waals surface area contributed by atoms with Crippen LogP contribution in [0.15, 0.2) is 53.5 Å². The lowest BCUT2D eigenvalue weighted by atomic mass is 9.94. The summed E-state index contributed by atoms with van der Waals surface area (Å²) in [6.45, 7) is 1.75. The Labute approximate surface area is 180 Å². The summed E-state index contributed by atoms with van der Waals surface area (Å²) in [5.41, 5.74) is 13.1. The van der Waals surface area contributed by atoms with Gasteiger partial charge in [-0.15, -0.1) is 0 Å². The van der Waals surface area contributed by atoms with E-state index in [9.17, 15) is 18.8 Å². The monoisotopic (exact) mass is 433 g/mol. The highest BCUT2D eigenvalue weighted by Crippen LogP contribution is 2.33. The molecule has 0 saturated heterocycles. The van der Waals surface area contributed by atoms with E-state index in [0.29, 0.717) is 22.2 Å². The standard InChI is InChI=1S/C22H17F2N7O/c1-11(28-21-16(9-25)20(26)29-22(27)30-21)15-8-18(32)31-10-14(24)6-7-17(31)19(15)12-2-4-13(23)5-3-12/h2-8,10-11H,1H3,(H5,26,27,28,29,30)/t11-/m0/s1. The first-order valence-electron chi connectivity index (χ1n) is 9.49. The van der Waals surface area contributed by atoms with Crippen LogP contribution in [0.5, 0.6) is 0 Å². The summed E-state index contributed by atoms with van der Waals surface area (Å²) in [6.07, 6.45) is 1.09. The minimum atomic E-state index is -0.575. The van der Waals surface area contributed by atoms with E-state index in [2.05, 4.69) is 15.3 Å². The lowest BCUT2D eigenvalue weighted by Gasteiger charge is -2.21. The molecule has 0 aliphatic carbocycles. The number of anilines is 3. The average Bonchev–Trinajstić information content (AvgIpc) is 2.74. The molecule has 4 aromatic rings. The van der Waals surface area contributed by atoms with E-state index >= 15 is 0 Å². The van der Waals surface area contributed by atoms with Crippen LogP contribution in [0.2, 0.25) is 0 Å². The Hall–Kier alpha value is -4.52. The zero-order chi connectivity index (χ0) is 23.0. The van der Waals surface area contributed by atoms with Gasteiger partial charge < -0.3 is 16.8 Å². The molecule has 0 fully saturated rings. The average molecular weight is 433 g/mol. The number of nitrogens with zero attached hydrogens (tertiary/aromatic N) is 4. The van der Waals surface area contributed by atoms with Crippen molar-refractivity contribution >= 4 is 23.1 Å². The quantitative estimate of drug-likeness (QED) is 0.450. The summed E-state index contributed by atoms with van der Waals surface area (Å²) < 4.78 is 28.6. The molecule has 4 rings (SSSR count). The molecule has 0 amide bonds. The zero-order valence-electron chi connectivity index (χ0n) is 16.8. The maximum Gasteiger partial charge on any atom is 0.255 e. The first-order chi connectivity index (χ1) is 15.3. The van der Waals surface area contributed by atoms with Crippen molar-refractivity contribution in [2.24, 2.45) is 0 Å². The number of hydrogen-bond acceptors (Lipinski definition) is 7. The minimum Gasteiger partial charge on any atom is -0.382 e. The number of hydrogen-bond donors (Lipinski definition) is 3. The van der Waals surface area contributed by atoms with Crippen LogP contribution in [0.4, 0.5) is 26.4 Å². The van der Waals surface area contributed by atoms with Crippen molar-refractivity contribution in [2.45, 2.75) is 13.0 Å². The first-order valence-corrected chi connectivity index (χ1v) is 9.49. The molecule has 160 valence electrons. The molecule has 0 radical (unpaired) electrons. The van der Waals surface area contributed by atoms with Gasteiger partial charge in [-0.25, -0.2) is 8.78 Å². The topological polar surface area (TPSA) is 135 Å². The number of benzene rings is 1. The summed E-state index contributed by atoms with van der Waals surface area (Å²) in [5, 5.41) is 12.5. The largest absolute Gasteiger partial charge is 0.382 e. The van der Waals surface area contributed by atoms with Gasteiger partial charge in [0, 0.05) is 17.8 Å². The number of nitrogen functional groups attached to an aromatic ring is 2. The fourth-order valence-electron chi connectivity index (χ4n) is 3.55. The fraction of sp³-hybridized carbons (Fsp3) is 0.0909. The molecule has 1 atom stereocenters. The van der Waals surface area contributed by atoms with Crippen LogP contribution < -0.4 is 22.3 Å². The molecule has 0 spiro atoms. The molecule has 0 aliphatic heterocycles. The van der Waals surface area contributed by atoms with E-state index in [0.717, 1.165) is 6.20 Å². The summed E-state index contributed by atoms with van der Waals surface area (Å²) in [5.74, 6) is -1.09. The zero-order valence-corrected chi connectivity index (χ0v) is 16.8. The summed E-state index contributed by atoms with van der Waals surface area (Å²) in [6, 6.07) is 11.1. The van der Waals surface area contributed by atoms with Gasteiger partial charge in [-0.2, -0.15) is 15.2 Å². The lowest BCUT2D eigenvalue weighted by Crippen LogP contribution is -2.20. The highest BCUT2D eigenvalue weighted by Gasteiger charge is 2.20. The van der Waals surface area contributed by atoms with Crippen molar-refractivity contribution in [2.75, 3.05) is 16.8 Å². The summed E-state index contributed by atoms with van der Waals surface area (Å²) >= 11 is 0. The van der Waals surface area contributed by atoms with Crippen LogP contribution in [0.1, 0.15) is 24.1 Å². The number of rotatable bonds is 4. The Bertz CT molecular complexity index is 1440. The van der Waals surface area contributed by atoms with Crippen molar-refractivity contribution in [1.29, 1.82) is 5.26 Å². The van der Waals surface area contributed by atoms with Crippen molar-refractivity contribution in [3.63, 3.8) is 0 Å². The van der Waals surface area contributed by atoms with Gasteiger partial charge in [0.2, 0.25) is 5.95 Å². The third-order valence-electron chi connectivity index (χ3n) is 4.99. The SMILES string of the molecule is C[C@H](Nc1nc(N)nc(N)c1C#N)c1cc(=O)n2cc(F)ccc2c1-c1ccc(F)cc1. The molecule has 32 heavy (non-hydrogen) atoms. The maximum atomic E-state index is 13.8. The van der Waals surface area contributed by atoms with E-state index in [1.807, 2.05) is 6.07 Å². The highest BCUT2D eigenvalue weighted by atomic mass is 19.1. The Kier molecular flexibility index (Phi) is 5.16. The number of nitrogens with two attached hydrogens (primary N) is 2. The number of nitriles is 1. The smallest absolute Gasteiger partial charge is 0.255 e. The van der Waals surface area contributed by atoms with Gasteiger partial charge in [0.15, 0.2) is 5.82 Å². The summed E-state index contributed by atoms with van der Waals surface area (Å²) in [4.78, 5) is 20.6. The van der Waals surface area contributed by atoms with Crippen LogP contribution in [0, 0.1) is 23.0 Å². The first kappa shape index (κ1) is 20.7. The Morgan fingerprint density at radius 3 is 2.47 bits per heavy atom. The minimum absolute atomic E-state index is 0.00830. The predicted octanol–water partition coefficient (Wildman–Crippen LogP) is 3.24. The molecule has 0 saturated carbocycles. The molecule has 0 unspecified atom stereocenters. The Morgan fingerprint density at radius 2 is 1.78 bits per heavy atom. The van der Waals surface area contributed by atoms with Crippen LogP contribution >= 0.6 is 0 Å². The predicted molar refractivity (Wildman–Crippen MR) is 117 cm³/mol. The fourth-order valence-corrected chi connectivity index (χ4v) is 3.55. The second-order valence-electron chi connectivity index (χ2n) is 7.09. The highest BCUT2D eigenvalue weighted by molar-refractivity contribution is 5.84. The van der Waals surface area contributed by atoms with Gasteiger partial charge in [-0.3, -0.25) is 9.20 Å². The Morgan fingerprint density at radius 1 is 1.09 bits per heavy atom. The molecule has 0 aliphatic rings. The number of pyridine rings is 2. The Balaban J connectivity index is 1.94. The third-order valence-corrected chi connectivity index (χ3v) is 4.99. The van der Waals surface area contributed by atoms with E-state index in [4.69, 9.17) is 11.5 Å². The van der Waals surface area contributed by atoms with Crippen LogP contribution in [0.25, 0.3) is 16.6 Å². The molecular formula is C22H17F2N7O. The van der Waals surface area contributed by atoms with E-state index in [1.54, 1.807) is 19.1 Å². The van der Waals surface area contributed by atoms with Gasteiger partial charge in [0.25, 0.3) is 5.56 Å². The lowest BCUT2D eigenvalue weighted by molar-refractivity contribution is 0.618. The molecule has 3 aromatic heterocycles. The normalized spacial score (nSPS) is 11.8. The number of halogens is 2. The third kappa shape index (κ3) is 3.67. The van der Waals surface area contributed by atoms with Crippen molar-refractivity contribution in [3.8, 4) is 17.2 Å². The second kappa shape index (κ2) is 7.96. The van der Waals surface area contributed by atoms with Gasteiger partial charge >= 0.3 is 0 Å². The van der Waals surface area contributed by atoms with Crippen LogP contribution in [-0.2, 0) is 0 Å². The van der Waals surface area contributed by atoms with Crippen molar-refractivity contribution < 1.29 is 8.78 Å². The number of aromatic nitrogens is 3. The van der Waals surface area contributed by atoms with Gasteiger partial charge in [0.1, 0.15) is 29.1 Å². The molecule has 10 heteroatoms. The maximum absolute atomic E-state index is 13.8. The van der Waals surface area contributed by atoms with Gasteiger partial charge in [-0.1, -0.05) is 12.1 Å². The van der Waals surface area contributed by atoms with E-state index < -0.39 is 23.2 Å². The summed E-state index contributed by atoms with van der Waals surface area (Å²) in [7, 11) is 0. The number of nitrogens with one attached hydrogen (secondary N) is 1. The molecular weight excluding hydrogens is 416 g/mol. The molecule has 1 aromatic carbocycles. The molecule has 3 heterocycles. The molecule has 5 N–H and O–H groups in total. The van der Waals surface area contributed by atoms with Gasteiger partial charge in [0.05, 0.1) is 11.6 Å². The number of fused-ring (bicyclic) bond motifs is 1. The second-order valence-corrected chi connectivity index (χ2v) is 7.09.